The van der Waals surface area contributed by atoms with Crippen molar-refractivity contribution in [3.8, 4) is 5.69 Å². The van der Waals surface area contributed by atoms with Crippen LogP contribution in [0.5, 0.6) is 0 Å². The lowest BCUT2D eigenvalue weighted by Gasteiger charge is -2.22. The second-order valence-electron chi connectivity index (χ2n) is 7.18. The van der Waals surface area contributed by atoms with E-state index in [1.54, 1.807) is 17.8 Å². The summed E-state index contributed by atoms with van der Waals surface area (Å²) in [5, 5.41) is 9.94. The Bertz CT molecular complexity index is 915. The summed E-state index contributed by atoms with van der Waals surface area (Å²) in [6, 6.07) is 15.3. The van der Waals surface area contributed by atoms with E-state index in [1.165, 1.54) is 43.7 Å². The number of rotatable bonds is 5. The van der Waals surface area contributed by atoms with Gasteiger partial charge in [-0.05, 0) is 43.0 Å². The summed E-state index contributed by atoms with van der Waals surface area (Å²) in [6.07, 6.45) is 6.15. The van der Waals surface area contributed by atoms with Crippen molar-refractivity contribution >= 4 is 11.8 Å². The van der Waals surface area contributed by atoms with Crippen LogP contribution in [0.2, 0.25) is 0 Å². The Kier molecular flexibility index (Phi) is 5.58. The smallest absolute Gasteiger partial charge is 0.196 e. The van der Waals surface area contributed by atoms with E-state index in [9.17, 15) is 4.39 Å². The second-order valence-corrected chi connectivity index (χ2v) is 8.12. The minimum absolute atomic E-state index is 0.167. The van der Waals surface area contributed by atoms with Gasteiger partial charge in [-0.15, -0.1) is 10.2 Å². The predicted octanol–water partition coefficient (Wildman–Crippen LogP) is 6.05. The van der Waals surface area contributed by atoms with Gasteiger partial charge in [0.2, 0.25) is 0 Å². The molecule has 0 atom stereocenters. The molecule has 3 aromatic rings. The molecule has 27 heavy (non-hydrogen) atoms. The molecule has 0 bridgehead atoms. The molecule has 0 radical (unpaired) electrons. The fraction of sp³-hybridized carbons (Fsp3) is 0.364. The third kappa shape index (κ3) is 3.93. The van der Waals surface area contributed by atoms with Gasteiger partial charge in [-0.25, -0.2) is 4.39 Å². The first kappa shape index (κ1) is 18.2. The van der Waals surface area contributed by atoms with Gasteiger partial charge in [0.05, 0.1) is 5.69 Å². The Balaban J connectivity index is 1.70. The molecule has 4 rings (SSSR count). The quantitative estimate of drug-likeness (QED) is 0.504. The van der Waals surface area contributed by atoms with Crippen LogP contribution in [-0.2, 0) is 5.75 Å². The second kappa shape index (κ2) is 8.26. The molecule has 0 unspecified atom stereocenters. The number of hydrogen-bond donors (Lipinski definition) is 0. The predicted molar refractivity (Wildman–Crippen MR) is 108 cm³/mol. The van der Waals surface area contributed by atoms with Crippen molar-refractivity contribution < 1.29 is 4.39 Å². The van der Waals surface area contributed by atoms with Crippen molar-refractivity contribution in [2.45, 2.75) is 55.9 Å². The molecule has 2 aromatic carbocycles. The minimum atomic E-state index is -0.167. The third-order valence-corrected chi connectivity index (χ3v) is 6.28. The lowest BCUT2D eigenvalue weighted by molar-refractivity contribution is 0.423. The van der Waals surface area contributed by atoms with Crippen LogP contribution in [0.3, 0.4) is 0 Å². The molecule has 5 heteroatoms. The maximum atomic E-state index is 14.0. The number of thioether (sulfide) groups is 1. The summed E-state index contributed by atoms with van der Waals surface area (Å²) in [6.45, 7) is 2.12. The van der Waals surface area contributed by atoms with Crippen molar-refractivity contribution in [3.63, 3.8) is 0 Å². The van der Waals surface area contributed by atoms with Crippen LogP contribution in [0.4, 0.5) is 4.39 Å². The largest absolute Gasteiger partial charge is 0.274 e. The van der Waals surface area contributed by atoms with E-state index in [4.69, 9.17) is 0 Å². The first-order chi connectivity index (χ1) is 13.2. The van der Waals surface area contributed by atoms with E-state index >= 15 is 0 Å². The molecule has 0 saturated heterocycles. The van der Waals surface area contributed by atoms with Crippen LogP contribution in [0.15, 0.2) is 53.7 Å². The van der Waals surface area contributed by atoms with Crippen molar-refractivity contribution in [3.05, 3.63) is 71.3 Å². The van der Waals surface area contributed by atoms with Gasteiger partial charge in [0.1, 0.15) is 11.6 Å². The molecular weight excluding hydrogens is 357 g/mol. The number of para-hydroxylation sites is 1. The van der Waals surface area contributed by atoms with Crippen LogP contribution < -0.4 is 0 Å². The Morgan fingerprint density at radius 3 is 2.52 bits per heavy atom. The zero-order valence-electron chi connectivity index (χ0n) is 15.6. The highest BCUT2D eigenvalue weighted by atomic mass is 32.2. The standard InChI is InChI=1S/C22H24FN3S/c1-16-9-5-8-14-20(16)26-21(17-10-3-2-4-11-17)24-25-22(26)27-15-18-12-6-7-13-19(18)23/h5-9,12-14,17H,2-4,10-11,15H2,1H3. The molecule has 140 valence electrons. The van der Waals surface area contributed by atoms with Crippen molar-refractivity contribution in [1.29, 1.82) is 0 Å². The number of benzene rings is 2. The van der Waals surface area contributed by atoms with Crippen molar-refractivity contribution in [2.24, 2.45) is 0 Å². The Hall–Kier alpha value is -2.14. The van der Waals surface area contributed by atoms with Gasteiger partial charge in [0.25, 0.3) is 0 Å². The average molecular weight is 382 g/mol. The SMILES string of the molecule is Cc1ccccc1-n1c(SCc2ccccc2F)nnc1C1CCCCC1. The van der Waals surface area contributed by atoms with E-state index in [0.717, 1.165) is 16.7 Å². The summed E-state index contributed by atoms with van der Waals surface area (Å²) in [7, 11) is 0. The monoisotopic (exact) mass is 381 g/mol. The summed E-state index contributed by atoms with van der Waals surface area (Å²) in [4.78, 5) is 0. The zero-order valence-corrected chi connectivity index (χ0v) is 16.4. The number of aryl methyl sites for hydroxylation is 1. The number of aromatic nitrogens is 3. The van der Waals surface area contributed by atoms with E-state index in [0.29, 0.717) is 17.2 Å². The molecular formula is C22H24FN3S. The van der Waals surface area contributed by atoms with Gasteiger partial charge in [0, 0.05) is 11.7 Å². The fourth-order valence-corrected chi connectivity index (χ4v) is 4.74. The molecule has 0 spiro atoms. The number of halogens is 1. The first-order valence-electron chi connectivity index (χ1n) is 9.61. The van der Waals surface area contributed by atoms with Crippen molar-refractivity contribution in [2.75, 3.05) is 0 Å². The molecule has 0 amide bonds. The van der Waals surface area contributed by atoms with Crippen LogP contribution in [0.25, 0.3) is 5.69 Å². The van der Waals surface area contributed by atoms with Gasteiger partial charge in [-0.1, -0.05) is 67.4 Å². The number of hydrogen-bond acceptors (Lipinski definition) is 3. The molecule has 0 aliphatic heterocycles. The first-order valence-corrected chi connectivity index (χ1v) is 10.6. The van der Waals surface area contributed by atoms with Crippen LogP contribution in [0.1, 0.15) is 55.0 Å². The van der Waals surface area contributed by atoms with Crippen LogP contribution in [-0.4, -0.2) is 14.8 Å². The normalized spacial score (nSPS) is 15.2. The summed E-state index contributed by atoms with van der Waals surface area (Å²) < 4.78 is 16.2. The minimum Gasteiger partial charge on any atom is -0.274 e. The lowest BCUT2D eigenvalue weighted by atomic mass is 9.88. The molecule has 1 aliphatic carbocycles. The van der Waals surface area contributed by atoms with Gasteiger partial charge in [-0.2, -0.15) is 0 Å². The Morgan fingerprint density at radius 1 is 1.00 bits per heavy atom. The molecule has 0 N–H and O–H groups in total. The molecule has 1 fully saturated rings. The fourth-order valence-electron chi connectivity index (χ4n) is 3.80. The highest BCUT2D eigenvalue weighted by Crippen LogP contribution is 2.36. The molecule has 1 saturated carbocycles. The van der Waals surface area contributed by atoms with Crippen molar-refractivity contribution in [1.82, 2.24) is 14.8 Å². The highest BCUT2D eigenvalue weighted by Gasteiger charge is 2.25. The molecule has 1 aromatic heterocycles. The van der Waals surface area contributed by atoms with Crippen LogP contribution in [0, 0.1) is 12.7 Å². The molecule has 1 heterocycles. The van der Waals surface area contributed by atoms with E-state index in [1.807, 2.05) is 12.1 Å². The maximum Gasteiger partial charge on any atom is 0.196 e. The van der Waals surface area contributed by atoms with Gasteiger partial charge in [-0.3, -0.25) is 4.57 Å². The third-order valence-electron chi connectivity index (χ3n) is 5.30. The molecule has 3 nitrogen and oxygen atoms in total. The highest BCUT2D eigenvalue weighted by molar-refractivity contribution is 7.98. The summed E-state index contributed by atoms with van der Waals surface area (Å²) in [5.74, 6) is 1.88. The number of nitrogens with zero attached hydrogens (tertiary/aromatic N) is 3. The van der Waals surface area contributed by atoms with Gasteiger partial charge < -0.3 is 0 Å². The Morgan fingerprint density at radius 2 is 1.74 bits per heavy atom. The lowest BCUT2D eigenvalue weighted by Crippen LogP contribution is -2.12. The zero-order chi connectivity index (χ0) is 18.6. The molecule has 1 aliphatic rings. The van der Waals surface area contributed by atoms with Gasteiger partial charge >= 0.3 is 0 Å². The van der Waals surface area contributed by atoms with E-state index in [2.05, 4.69) is 46.0 Å². The van der Waals surface area contributed by atoms with Gasteiger partial charge in [0.15, 0.2) is 5.16 Å². The van der Waals surface area contributed by atoms with Crippen LogP contribution >= 0.6 is 11.8 Å². The summed E-state index contributed by atoms with van der Waals surface area (Å²) in [5.41, 5.74) is 3.02. The topological polar surface area (TPSA) is 30.7 Å². The maximum absolute atomic E-state index is 14.0. The summed E-state index contributed by atoms with van der Waals surface area (Å²) >= 11 is 1.55. The van der Waals surface area contributed by atoms with E-state index < -0.39 is 0 Å². The van der Waals surface area contributed by atoms with E-state index in [-0.39, 0.29) is 5.82 Å². The Labute approximate surface area is 164 Å². The average Bonchev–Trinajstić information content (AvgIpc) is 3.12.